The molecular formula is C24H31N5O3. The van der Waals surface area contributed by atoms with Crippen LogP contribution in [0.5, 0.6) is 0 Å². The van der Waals surface area contributed by atoms with E-state index in [1.165, 1.54) is 12.0 Å². The van der Waals surface area contributed by atoms with Crippen LogP contribution in [-0.2, 0) is 17.8 Å². The summed E-state index contributed by atoms with van der Waals surface area (Å²) in [5.41, 5.74) is 4.63. The Morgan fingerprint density at radius 2 is 2.06 bits per heavy atom. The van der Waals surface area contributed by atoms with Gasteiger partial charge in [-0.05, 0) is 49.4 Å². The first-order valence-corrected chi connectivity index (χ1v) is 11.6. The molecule has 170 valence electrons. The Balaban J connectivity index is 1.18. The van der Waals surface area contributed by atoms with E-state index in [1.807, 2.05) is 6.07 Å². The number of carbonyl (C=O) groups excluding carboxylic acids is 1. The first kappa shape index (κ1) is 21.2. The first-order valence-electron chi connectivity index (χ1n) is 11.6. The Morgan fingerprint density at radius 3 is 2.81 bits per heavy atom. The summed E-state index contributed by atoms with van der Waals surface area (Å²) < 4.78 is 5.45. The zero-order valence-corrected chi connectivity index (χ0v) is 18.6. The molecule has 2 atom stereocenters. The minimum Gasteiger partial charge on any atom is -0.376 e. The summed E-state index contributed by atoms with van der Waals surface area (Å²) in [6, 6.07) is 6.56. The number of H-pyrrole nitrogens is 1. The molecular weight excluding hydrogens is 406 g/mol. The maximum Gasteiger partial charge on any atom is 0.269 e. The molecule has 1 aliphatic carbocycles. The number of amides is 1. The van der Waals surface area contributed by atoms with Crippen LogP contribution in [0.2, 0.25) is 0 Å². The fourth-order valence-electron chi connectivity index (χ4n) is 5.37. The average Bonchev–Trinajstić information content (AvgIpc) is 3.34. The highest BCUT2D eigenvalue weighted by molar-refractivity contribution is 5.92. The number of rotatable bonds is 4. The molecule has 1 saturated heterocycles. The van der Waals surface area contributed by atoms with Crippen molar-refractivity contribution >= 4 is 11.6 Å². The van der Waals surface area contributed by atoms with Gasteiger partial charge in [-0.15, -0.1) is 0 Å². The third kappa shape index (κ3) is 4.17. The van der Waals surface area contributed by atoms with Gasteiger partial charge >= 0.3 is 0 Å². The number of pyridine rings is 2. The Bertz CT molecular complexity index is 1030. The molecule has 0 aromatic carbocycles. The Morgan fingerprint density at radius 1 is 1.22 bits per heavy atom. The quantitative estimate of drug-likeness (QED) is 0.756. The van der Waals surface area contributed by atoms with E-state index in [1.54, 1.807) is 19.3 Å². The van der Waals surface area contributed by atoms with E-state index in [2.05, 4.69) is 31.2 Å². The van der Waals surface area contributed by atoms with Crippen molar-refractivity contribution in [2.45, 2.75) is 44.2 Å². The van der Waals surface area contributed by atoms with E-state index >= 15 is 0 Å². The van der Waals surface area contributed by atoms with E-state index in [9.17, 15) is 9.59 Å². The van der Waals surface area contributed by atoms with Gasteiger partial charge in [0.05, 0.1) is 25.1 Å². The SMILES string of the molecule is CNC(=O)c1ccc(N2CCN(C3CC[C@@H](c4cc5c(c(=O)[nH]4)COCC5)C3)CC2)cn1. The van der Waals surface area contributed by atoms with E-state index in [4.69, 9.17) is 4.74 Å². The van der Waals surface area contributed by atoms with Crippen molar-refractivity contribution in [3.8, 4) is 0 Å². The van der Waals surface area contributed by atoms with Crippen LogP contribution < -0.4 is 15.8 Å². The molecule has 8 nitrogen and oxygen atoms in total. The molecule has 2 aromatic rings. The minimum absolute atomic E-state index is 0.0327. The molecule has 32 heavy (non-hydrogen) atoms. The van der Waals surface area contributed by atoms with Gasteiger partial charge in [-0.25, -0.2) is 4.98 Å². The van der Waals surface area contributed by atoms with Gasteiger partial charge in [0, 0.05) is 56.4 Å². The van der Waals surface area contributed by atoms with Crippen molar-refractivity contribution in [3.05, 3.63) is 57.3 Å². The predicted molar refractivity (Wildman–Crippen MR) is 122 cm³/mol. The van der Waals surface area contributed by atoms with Crippen LogP contribution in [0.25, 0.3) is 0 Å². The number of ether oxygens (including phenoxy) is 1. The number of nitrogens with zero attached hydrogens (tertiary/aromatic N) is 3. The lowest BCUT2D eigenvalue weighted by Crippen LogP contribution is -2.49. The highest BCUT2D eigenvalue weighted by Gasteiger charge is 2.33. The van der Waals surface area contributed by atoms with Gasteiger partial charge in [0.1, 0.15) is 5.69 Å². The van der Waals surface area contributed by atoms with Gasteiger partial charge < -0.3 is 19.9 Å². The molecule has 2 fully saturated rings. The van der Waals surface area contributed by atoms with Gasteiger partial charge in [0.2, 0.25) is 0 Å². The molecule has 8 heteroatoms. The zero-order valence-electron chi connectivity index (χ0n) is 18.6. The van der Waals surface area contributed by atoms with Crippen molar-refractivity contribution in [2.75, 3.05) is 44.7 Å². The summed E-state index contributed by atoms with van der Waals surface area (Å²) in [4.78, 5) is 36.6. The van der Waals surface area contributed by atoms with Crippen LogP contribution in [0, 0.1) is 0 Å². The summed E-state index contributed by atoms with van der Waals surface area (Å²) in [7, 11) is 1.61. The van der Waals surface area contributed by atoms with Gasteiger partial charge in [-0.1, -0.05) is 0 Å². The second-order valence-corrected chi connectivity index (χ2v) is 9.03. The van der Waals surface area contributed by atoms with Gasteiger partial charge in [0.25, 0.3) is 11.5 Å². The average molecular weight is 438 g/mol. The fourth-order valence-corrected chi connectivity index (χ4v) is 5.37. The molecule has 0 radical (unpaired) electrons. The number of hydrogen-bond donors (Lipinski definition) is 2. The number of aromatic nitrogens is 2. The molecule has 3 aliphatic rings. The van der Waals surface area contributed by atoms with Crippen molar-refractivity contribution < 1.29 is 9.53 Å². The van der Waals surface area contributed by atoms with Crippen LogP contribution in [0.1, 0.15) is 52.5 Å². The second kappa shape index (κ2) is 9.03. The summed E-state index contributed by atoms with van der Waals surface area (Å²) >= 11 is 0. The molecule has 2 aromatic heterocycles. The number of anilines is 1. The van der Waals surface area contributed by atoms with Crippen LogP contribution in [0.4, 0.5) is 5.69 Å². The van der Waals surface area contributed by atoms with E-state index in [-0.39, 0.29) is 11.5 Å². The van der Waals surface area contributed by atoms with Crippen molar-refractivity contribution in [1.82, 2.24) is 20.2 Å². The monoisotopic (exact) mass is 437 g/mol. The molecule has 2 aliphatic heterocycles. The highest BCUT2D eigenvalue weighted by Crippen LogP contribution is 2.37. The van der Waals surface area contributed by atoms with Gasteiger partial charge in [0.15, 0.2) is 0 Å². The highest BCUT2D eigenvalue weighted by atomic mass is 16.5. The maximum absolute atomic E-state index is 12.5. The van der Waals surface area contributed by atoms with Crippen LogP contribution >= 0.6 is 0 Å². The van der Waals surface area contributed by atoms with Crippen LogP contribution in [0.3, 0.4) is 0 Å². The molecule has 0 spiro atoms. The number of fused-ring (bicyclic) bond motifs is 1. The van der Waals surface area contributed by atoms with E-state index in [0.717, 1.165) is 62.4 Å². The molecule has 1 amide bonds. The number of carbonyl (C=O) groups is 1. The van der Waals surface area contributed by atoms with E-state index in [0.29, 0.717) is 30.9 Å². The summed E-state index contributed by atoms with van der Waals surface area (Å²) in [6.45, 7) is 5.10. The van der Waals surface area contributed by atoms with Gasteiger partial charge in [-0.2, -0.15) is 0 Å². The van der Waals surface area contributed by atoms with Crippen molar-refractivity contribution in [1.29, 1.82) is 0 Å². The summed E-state index contributed by atoms with van der Waals surface area (Å²) in [5, 5.41) is 2.60. The fraction of sp³-hybridized carbons (Fsp3) is 0.542. The lowest BCUT2D eigenvalue weighted by atomic mass is 9.97. The molecule has 2 N–H and O–H groups in total. The normalized spacial score (nSPS) is 23.7. The zero-order chi connectivity index (χ0) is 22.1. The molecule has 5 rings (SSSR count). The third-order valence-corrected chi connectivity index (χ3v) is 7.26. The number of aromatic amines is 1. The smallest absolute Gasteiger partial charge is 0.269 e. The standard InChI is InChI=1S/C24H31N5O3/c1-25-24(31)21-5-4-19(14-26-21)29-9-7-28(8-10-29)18-3-2-17(12-18)22-13-16-6-11-32-15-20(16)23(30)27-22/h4-5,13-14,17-18H,2-3,6-12,15H2,1H3,(H,25,31)(H,27,30)/t17-,18?/m1/s1. The van der Waals surface area contributed by atoms with Crippen LogP contribution in [-0.4, -0.2) is 66.7 Å². The lowest BCUT2D eigenvalue weighted by molar-refractivity contribution is 0.0958. The Labute approximate surface area is 188 Å². The Kier molecular flexibility index (Phi) is 5.97. The Hall–Kier alpha value is -2.71. The van der Waals surface area contributed by atoms with E-state index < -0.39 is 0 Å². The largest absolute Gasteiger partial charge is 0.376 e. The third-order valence-electron chi connectivity index (χ3n) is 7.26. The summed E-state index contributed by atoms with van der Waals surface area (Å²) in [6.07, 6.45) is 6.04. The molecule has 0 bridgehead atoms. The topological polar surface area (TPSA) is 90.6 Å². The number of nitrogens with one attached hydrogen (secondary N) is 2. The van der Waals surface area contributed by atoms with Gasteiger partial charge in [-0.3, -0.25) is 14.5 Å². The minimum atomic E-state index is -0.161. The first-order chi connectivity index (χ1) is 15.6. The number of piperazine rings is 1. The van der Waals surface area contributed by atoms with Crippen molar-refractivity contribution in [3.63, 3.8) is 0 Å². The van der Waals surface area contributed by atoms with Crippen molar-refractivity contribution in [2.24, 2.45) is 0 Å². The van der Waals surface area contributed by atoms with Crippen LogP contribution in [0.15, 0.2) is 29.2 Å². The molecule has 1 unspecified atom stereocenters. The predicted octanol–water partition coefficient (Wildman–Crippen LogP) is 1.66. The maximum atomic E-state index is 12.5. The second-order valence-electron chi connectivity index (χ2n) is 9.03. The summed E-state index contributed by atoms with van der Waals surface area (Å²) in [5.74, 6) is 0.270. The molecule has 4 heterocycles. The number of hydrogen-bond acceptors (Lipinski definition) is 6. The lowest BCUT2D eigenvalue weighted by Gasteiger charge is -2.39. The molecule has 1 saturated carbocycles.